The first-order valence-electron chi connectivity index (χ1n) is 8.89. The first-order valence-corrected chi connectivity index (χ1v) is 10.1. The molecule has 8 nitrogen and oxygen atoms in total. The molecule has 0 saturated carbocycles. The molecular formula is C19H22N4O4S. The van der Waals surface area contributed by atoms with Crippen LogP contribution < -0.4 is 4.72 Å². The van der Waals surface area contributed by atoms with E-state index in [9.17, 15) is 18.0 Å². The van der Waals surface area contributed by atoms with E-state index in [0.717, 1.165) is 5.69 Å². The third-order valence-electron chi connectivity index (χ3n) is 4.65. The molecule has 0 aliphatic carbocycles. The summed E-state index contributed by atoms with van der Waals surface area (Å²) in [6.07, 6.45) is 0. The number of amides is 2. The number of rotatable bonds is 4. The van der Waals surface area contributed by atoms with Gasteiger partial charge in [0.1, 0.15) is 5.69 Å². The average Bonchev–Trinajstić information content (AvgIpc) is 2.68. The van der Waals surface area contributed by atoms with Gasteiger partial charge in [0.2, 0.25) is 10.9 Å². The molecule has 28 heavy (non-hydrogen) atoms. The Morgan fingerprint density at radius 2 is 1.61 bits per heavy atom. The zero-order valence-electron chi connectivity index (χ0n) is 15.7. The van der Waals surface area contributed by atoms with Crippen LogP contribution in [0.3, 0.4) is 0 Å². The van der Waals surface area contributed by atoms with E-state index in [1.165, 1.54) is 0 Å². The fourth-order valence-electron chi connectivity index (χ4n) is 3.14. The van der Waals surface area contributed by atoms with Crippen molar-refractivity contribution in [1.82, 2.24) is 14.8 Å². The molecule has 0 radical (unpaired) electrons. The van der Waals surface area contributed by atoms with Crippen molar-refractivity contribution in [3.63, 3.8) is 0 Å². The summed E-state index contributed by atoms with van der Waals surface area (Å²) < 4.78 is 24.0. The highest BCUT2D eigenvalue weighted by Gasteiger charge is 2.26. The maximum absolute atomic E-state index is 12.7. The zero-order valence-corrected chi connectivity index (χ0v) is 16.6. The Balaban J connectivity index is 1.63. The fraction of sp³-hybridized carbons (Fsp3) is 0.316. The van der Waals surface area contributed by atoms with Crippen LogP contribution >= 0.6 is 0 Å². The summed E-state index contributed by atoms with van der Waals surface area (Å²) in [5.74, 6) is -0.268. The normalized spacial score (nSPS) is 14.2. The number of aromatic nitrogens is 1. The summed E-state index contributed by atoms with van der Waals surface area (Å²) in [5, 5.41) is 0. The first-order chi connectivity index (χ1) is 13.3. The summed E-state index contributed by atoms with van der Waals surface area (Å²) in [4.78, 5) is 33.0. The number of carbonyl (C=O) groups is 2. The molecule has 3 rings (SSSR count). The smallest absolute Gasteiger partial charge is 0.272 e. The Bertz CT molecular complexity index is 974. The number of anilines is 1. The van der Waals surface area contributed by atoms with Crippen molar-refractivity contribution in [3.05, 3.63) is 58.9 Å². The zero-order chi connectivity index (χ0) is 20.3. The Morgan fingerprint density at radius 1 is 0.964 bits per heavy atom. The Hall–Kier alpha value is -2.94. The van der Waals surface area contributed by atoms with Crippen molar-refractivity contribution < 1.29 is 18.0 Å². The lowest BCUT2D eigenvalue weighted by Crippen LogP contribution is -2.50. The maximum atomic E-state index is 12.7. The van der Waals surface area contributed by atoms with Crippen LogP contribution in [0.15, 0.2) is 36.4 Å². The van der Waals surface area contributed by atoms with E-state index >= 15 is 0 Å². The van der Waals surface area contributed by atoms with Crippen molar-refractivity contribution in [1.29, 1.82) is 0 Å². The number of nitrogens with one attached hydrogen (secondary N) is 1. The van der Waals surface area contributed by atoms with Crippen molar-refractivity contribution in [3.8, 4) is 0 Å². The summed E-state index contributed by atoms with van der Waals surface area (Å²) in [5.41, 5.74) is 2.81. The van der Waals surface area contributed by atoms with Crippen LogP contribution in [0.4, 0.5) is 5.69 Å². The van der Waals surface area contributed by atoms with Crippen LogP contribution in [0.5, 0.6) is 0 Å². The quantitative estimate of drug-likeness (QED) is 0.750. The molecule has 1 saturated heterocycles. The number of piperazine rings is 1. The second-order valence-corrected chi connectivity index (χ2v) is 7.39. The molecule has 148 valence electrons. The highest BCUT2D eigenvalue weighted by molar-refractivity contribution is 7.73. The molecule has 2 aromatic rings. The molecule has 1 aliphatic heterocycles. The van der Waals surface area contributed by atoms with Gasteiger partial charge in [-0.15, -0.1) is 0 Å². The molecule has 1 fully saturated rings. The van der Waals surface area contributed by atoms with Gasteiger partial charge in [-0.05, 0) is 49.7 Å². The standard InChI is InChI=1S/C19H22N4O4S/c1-13-12-15(6-7-16(13)21-28(26)27)18(24)22-8-10-23(11-9-22)19(25)17-5-3-4-14(2)20-17/h3-7,12,28H,8-11H2,1-2H3,(H,21,26,27). The second-order valence-electron chi connectivity index (χ2n) is 6.65. The topological polar surface area (TPSA) is 99.7 Å². The van der Waals surface area contributed by atoms with E-state index < -0.39 is 10.9 Å². The van der Waals surface area contributed by atoms with Gasteiger partial charge in [-0.2, -0.15) is 0 Å². The van der Waals surface area contributed by atoms with Crippen LogP contribution in [0.25, 0.3) is 0 Å². The van der Waals surface area contributed by atoms with Gasteiger partial charge in [-0.3, -0.25) is 14.3 Å². The van der Waals surface area contributed by atoms with Gasteiger partial charge in [0.15, 0.2) is 0 Å². The number of benzene rings is 1. The van der Waals surface area contributed by atoms with E-state index in [2.05, 4.69) is 9.71 Å². The van der Waals surface area contributed by atoms with Crippen LogP contribution in [-0.4, -0.2) is 61.2 Å². The Kier molecular flexibility index (Phi) is 5.93. The molecule has 1 N–H and O–H groups in total. The highest BCUT2D eigenvalue weighted by atomic mass is 32.2. The van der Waals surface area contributed by atoms with Crippen LogP contribution in [0.2, 0.25) is 0 Å². The predicted molar refractivity (Wildman–Crippen MR) is 106 cm³/mol. The van der Waals surface area contributed by atoms with Gasteiger partial charge in [0.05, 0.1) is 5.69 Å². The third-order valence-corrected chi connectivity index (χ3v) is 5.07. The van der Waals surface area contributed by atoms with Gasteiger partial charge in [0, 0.05) is 37.4 Å². The minimum absolute atomic E-state index is 0.131. The molecule has 0 spiro atoms. The molecule has 1 aromatic carbocycles. The van der Waals surface area contributed by atoms with Crippen molar-refractivity contribution in [2.75, 3.05) is 30.9 Å². The van der Waals surface area contributed by atoms with E-state index in [1.807, 2.05) is 13.0 Å². The van der Waals surface area contributed by atoms with Gasteiger partial charge in [0.25, 0.3) is 11.8 Å². The number of hydrogen-bond donors (Lipinski definition) is 2. The van der Waals surface area contributed by atoms with E-state index in [-0.39, 0.29) is 11.8 Å². The summed E-state index contributed by atoms with van der Waals surface area (Å²) in [6.45, 7) is 5.32. The minimum Gasteiger partial charge on any atom is -0.335 e. The molecule has 9 heteroatoms. The van der Waals surface area contributed by atoms with Crippen molar-refractivity contribution in [2.24, 2.45) is 0 Å². The Morgan fingerprint density at radius 3 is 2.18 bits per heavy atom. The second kappa shape index (κ2) is 8.39. The van der Waals surface area contributed by atoms with Gasteiger partial charge >= 0.3 is 0 Å². The predicted octanol–water partition coefficient (Wildman–Crippen LogP) is 1.23. The summed E-state index contributed by atoms with van der Waals surface area (Å²) >= 11 is 0. The number of hydrogen-bond acceptors (Lipinski definition) is 5. The molecule has 2 amide bonds. The van der Waals surface area contributed by atoms with Gasteiger partial charge in [-0.1, -0.05) is 6.07 Å². The molecule has 0 bridgehead atoms. The van der Waals surface area contributed by atoms with Gasteiger partial charge in [-0.25, -0.2) is 13.4 Å². The first kappa shape index (κ1) is 19.8. The number of nitrogens with zero attached hydrogens (tertiary/aromatic N) is 3. The molecule has 0 unspecified atom stereocenters. The van der Waals surface area contributed by atoms with Crippen molar-refractivity contribution >= 4 is 28.4 Å². The van der Waals surface area contributed by atoms with E-state index in [4.69, 9.17) is 0 Å². The highest BCUT2D eigenvalue weighted by Crippen LogP contribution is 2.18. The molecule has 1 aromatic heterocycles. The van der Waals surface area contributed by atoms with Crippen molar-refractivity contribution in [2.45, 2.75) is 13.8 Å². The SMILES string of the molecule is Cc1cccc(C(=O)N2CCN(C(=O)c3ccc(N[SH](=O)=O)c(C)c3)CC2)n1. The lowest BCUT2D eigenvalue weighted by Gasteiger charge is -2.34. The third kappa shape index (κ3) is 4.48. The molecule has 0 atom stereocenters. The van der Waals surface area contributed by atoms with E-state index in [1.54, 1.807) is 47.1 Å². The van der Waals surface area contributed by atoms with Crippen LogP contribution in [0.1, 0.15) is 32.1 Å². The molecule has 2 heterocycles. The monoisotopic (exact) mass is 402 g/mol. The summed E-state index contributed by atoms with van der Waals surface area (Å²) in [7, 11) is -2.75. The van der Waals surface area contributed by atoms with Crippen LogP contribution in [0, 0.1) is 13.8 Å². The minimum atomic E-state index is -2.75. The number of thiol groups is 1. The largest absolute Gasteiger partial charge is 0.335 e. The van der Waals surface area contributed by atoms with E-state index in [0.29, 0.717) is 48.7 Å². The molecule has 1 aliphatic rings. The number of carbonyl (C=O) groups excluding carboxylic acids is 2. The average molecular weight is 402 g/mol. The lowest BCUT2D eigenvalue weighted by molar-refractivity contribution is 0.0532. The summed E-state index contributed by atoms with van der Waals surface area (Å²) in [6, 6.07) is 10.2. The lowest BCUT2D eigenvalue weighted by atomic mass is 10.1. The maximum Gasteiger partial charge on any atom is 0.272 e. The van der Waals surface area contributed by atoms with Gasteiger partial charge < -0.3 is 9.80 Å². The Labute approximate surface area is 165 Å². The number of pyridine rings is 1. The number of aryl methyl sites for hydroxylation is 2. The molecular weight excluding hydrogens is 380 g/mol. The van der Waals surface area contributed by atoms with Crippen LogP contribution in [-0.2, 0) is 10.9 Å². The fourth-order valence-corrected chi connectivity index (χ4v) is 3.59.